The third-order valence-corrected chi connectivity index (χ3v) is 4.81. The number of hydrogen-bond acceptors (Lipinski definition) is 6. The number of aromatic nitrogens is 3. The summed E-state index contributed by atoms with van der Waals surface area (Å²) in [5, 5.41) is 3.60. The van der Waals surface area contributed by atoms with E-state index in [-0.39, 0.29) is 17.5 Å². The molecule has 0 saturated carbocycles. The zero-order chi connectivity index (χ0) is 17.9. The first-order chi connectivity index (χ1) is 12.7. The summed E-state index contributed by atoms with van der Waals surface area (Å²) in [6.45, 7) is 0. The predicted molar refractivity (Wildman–Crippen MR) is 103 cm³/mol. The third-order valence-electron chi connectivity index (χ3n) is 3.51. The Balaban J connectivity index is 1.51. The van der Waals surface area contributed by atoms with Crippen molar-refractivity contribution < 1.29 is 4.42 Å². The number of rotatable bonds is 5. The number of benzene rings is 2. The first-order valence-electron chi connectivity index (χ1n) is 7.77. The van der Waals surface area contributed by atoms with Crippen molar-refractivity contribution in [3.8, 4) is 0 Å². The molecule has 2 aromatic carbocycles. The molecule has 0 bridgehead atoms. The molecule has 4 rings (SSSR count). The Morgan fingerprint density at radius 2 is 1.92 bits per heavy atom. The van der Waals surface area contributed by atoms with Gasteiger partial charge in [0.25, 0.3) is 5.56 Å². The lowest BCUT2D eigenvalue weighted by Crippen LogP contribution is -2.11. The van der Waals surface area contributed by atoms with E-state index >= 15 is 0 Å². The van der Waals surface area contributed by atoms with Crippen LogP contribution in [0, 0.1) is 0 Å². The number of aromatic amines is 1. The summed E-state index contributed by atoms with van der Waals surface area (Å²) in [5.41, 5.74) is 1.79. The number of oxazole rings is 1. The zero-order valence-corrected chi connectivity index (χ0v) is 15.0. The van der Waals surface area contributed by atoms with Crippen molar-refractivity contribution in [3.63, 3.8) is 0 Å². The lowest BCUT2D eigenvalue weighted by atomic mass is 10.3. The Labute approximate surface area is 157 Å². The monoisotopic (exact) mass is 384 g/mol. The Hall–Kier alpha value is -2.77. The lowest BCUT2D eigenvalue weighted by Gasteiger charge is -2.04. The highest BCUT2D eigenvalue weighted by Crippen LogP contribution is 2.24. The molecule has 130 valence electrons. The van der Waals surface area contributed by atoms with Crippen LogP contribution in [0.15, 0.2) is 68.7 Å². The van der Waals surface area contributed by atoms with E-state index in [4.69, 9.17) is 16.0 Å². The fourth-order valence-corrected chi connectivity index (χ4v) is 3.27. The van der Waals surface area contributed by atoms with Crippen molar-refractivity contribution in [3.05, 3.63) is 75.7 Å². The molecule has 0 spiro atoms. The summed E-state index contributed by atoms with van der Waals surface area (Å²) < 4.78 is 5.59. The number of nitrogens with one attached hydrogen (secondary N) is 2. The Morgan fingerprint density at radius 3 is 2.73 bits per heavy atom. The van der Waals surface area contributed by atoms with Crippen LogP contribution in [0.4, 0.5) is 12.0 Å². The average molecular weight is 385 g/mol. The second kappa shape index (κ2) is 7.23. The van der Waals surface area contributed by atoms with Crippen LogP contribution < -0.4 is 10.9 Å². The molecule has 6 nitrogen and oxygen atoms in total. The van der Waals surface area contributed by atoms with E-state index in [1.165, 1.54) is 6.07 Å². The zero-order valence-electron chi connectivity index (χ0n) is 13.4. The average Bonchev–Trinajstić information content (AvgIpc) is 3.03. The summed E-state index contributed by atoms with van der Waals surface area (Å²) in [5.74, 6) is 0.837. The molecule has 0 aliphatic heterocycles. The minimum Gasteiger partial charge on any atom is -0.423 e. The van der Waals surface area contributed by atoms with Gasteiger partial charge in [0, 0.05) is 21.7 Å². The maximum Gasteiger partial charge on any atom is 0.302 e. The maximum absolute atomic E-state index is 11.9. The molecule has 8 heteroatoms. The minimum absolute atomic E-state index is 0.245. The topological polar surface area (TPSA) is 83.8 Å². The molecule has 0 aliphatic rings. The molecule has 0 atom stereocenters. The van der Waals surface area contributed by atoms with E-state index < -0.39 is 0 Å². The second-order valence-electron chi connectivity index (χ2n) is 5.44. The van der Waals surface area contributed by atoms with Gasteiger partial charge in [-0.25, -0.2) is 4.98 Å². The van der Waals surface area contributed by atoms with Gasteiger partial charge in [-0.3, -0.25) is 15.1 Å². The van der Waals surface area contributed by atoms with Gasteiger partial charge in [-0.05, 0) is 36.4 Å². The largest absolute Gasteiger partial charge is 0.423 e. The number of nitrogens with zero attached hydrogens (tertiary/aromatic N) is 2. The molecule has 0 aliphatic carbocycles. The van der Waals surface area contributed by atoms with Crippen LogP contribution in [0.2, 0.25) is 5.02 Å². The van der Waals surface area contributed by atoms with Gasteiger partial charge < -0.3 is 4.42 Å². The van der Waals surface area contributed by atoms with E-state index in [2.05, 4.69) is 20.3 Å². The van der Waals surface area contributed by atoms with Gasteiger partial charge in [-0.2, -0.15) is 4.98 Å². The molecule has 0 saturated heterocycles. The molecule has 0 radical (unpaired) electrons. The number of hydrogen-bond donors (Lipinski definition) is 2. The third kappa shape index (κ3) is 3.89. The predicted octanol–water partition coefficient (Wildman–Crippen LogP) is 4.60. The summed E-state index contributed by atoms with van der Waals surface area (Å²) >= 11 is 7.46. The Bertz CT molecular complexity index is 1080. The molecule has 2 aromatic heterocycles. The molecule has 0 amide bonds. The van der Waals surface area contributed by atoms with Gasteiger partial charge in [-0.1, -0.05) is 23.7 Å². The number of thioether (sulfide) groups is 1. The Morgan fingerprint density at radius 1 is 1.12 bits per heavy atom. The van der Waals surface area contributed by atoms with E-state index in [9.17, 15) is 4.79 Å². The van der Waals surface area contributed by atoms with Crippen LogP contribution in [0.5, 0.6) is 0 Å². The smallest absolute Gasteiger partial charge is 0.302 e. The van der Waals surface area contributed by atoms with Crippen molar-refractivity contribution in [1.29, 1.82) is 0 Å². The molecule has 2 heterocycles. The van der Waals surface area contributed by atoms with Gasteiger partial charge in [0.15, 0.2) is 5.58 Å². The van der Waals surface area contributed by atoms with Crippen molar-refractivity contribution in [1.82, 2.24) is 15.0 Å². The van der Waals surface area contributed by atoms with E-state index in [1.807, 2.05) is 48.5 Å². The first-order valence-corrected chi connectivity index (χ1v) is 9.13. The summed E-state index contributed by atoms with van der Waals surface area (Å²) in [6, 6.07) is 16.7. The van der Waals surface area contributed by atoms with Crippen LogP contribution in [0.1, 0.15) is 5.69 Å². The normalized spacial score (nSPS) is 11.0. The van der Waals surface area contributed by atoms with Crippen molar-refractivity contribution in [2.45, 2.75) is 10.6 Å². The number of fused-ring (bicyclic) bond motifs is 1. The standard InChI is InChI=1S/C18H13ClN4O2S/c19-11-5-7-13(8-6-11)26-10-12-9-16(24)22-17(20-12)23-18-21-14-3-1-2-4-15(14)25-18/h1-9H,10H2,(H2,20,21,22,23,24). The molecular weight excluding hydrogens is 372 g/mol. The summed E-state index contributed by atoms with van der Waals surface area (Å²) in [7, 11) is 0. The molecule has 2 N–H and O–H groups in total. The molecular formula is C18H13ClN4O2S. The highest BCUT2D eigenvalue weighted by molar-refractivity contribution is 7.98. The summed E-state index contributed by atoms with van der Waals surface area (Å²) in [6.07, 6.45) is 0. The van der Waals surface area contributed by atoms with Crippen LogP contribution in [0.3, 0.4) is 0 Å². The molecule has 4 aromatic rings. The molecule has 26 heavy (non-hydrogen) atoms. The van der Waals surface area contributed by atoms with Gasteiger partial charge in [-0.15, -0.1) is 11.8 Å². The van der Waals surface area contributed by atoms with E-state index in [1.54, 1.807) is 11.8 Å². The van der Waals surface area contributed by atoms with Crippen LogP contribution in [0.25, 0.3) is 11.1 Å². The lowest BCUT2D eigenvalue weighted by molar-refractivity contribution is 0.621. The van der Waals surface area contributed by atoms with Gasteiger partial charge in [0.05, 0.1) is 5.69 Å². The second-order valence-corrected chi connectivity index (χ2v) is 6.92. The van der Waals surface area contributed by atoms with Crippen LogP contribution in [-0.4, -0.2) is 15.0 Å². The number of H-pyrrole nitrogens is 1. The minimum atomic E-state index is -0.245. The van der Waals surface area contributed by atoms with Crippen molar-refractivity contribution in [2.24, 2.45) is 0 Å². The molecule has 0 unspecified atom stereocenters. The summed E-state index contributed by atoms with van der Waals surface area (Å²) in [4.78, 5) is 24.3. The Kier molecular flexibility index (Phi) is 4.64. The van der Waals surface area contributed by atoms with Gasteiger partial charge in [0.2, 0.25) is 5.95 Å². The highest BCUT2D eigenvalue weighted by Gasteiger charge is 2.08. The fraction of sp³-hybridized carbons (Fsp3) is 0.0556. The molecule has 0 fully saturated rings. The van der Waals surface area contributed by atoms with E-state index in [0.717, 1.165) is 10.4 Å². The van der Waals surface area contributed by atoms with Crippen molar-refractivity contribution >= 4 is 46.4 Å². The van der Waals surface area contributed by atoms with Gasteiger partial charge >= 0.3 is 6.01 Å². The fourth-order valence-electron chi connectivity index (χ4n) is 2.36. The quantitative estimate of drug-likeness (QED) is 0.489. The van der Waals surface area contributed by atoms with E-state index in [0.29, 0.717) is 22.1 Å². The van der Waals surface area contributed by atoms with Crippen LogP contribution >= 0.6 is 23.4 Å². The number of halogens is 1. The number of anilines is 2. The first kappa shape index (κ1) is 16.7. The highest BCUT2D eigenvalue weighted by atomic mass is 35.5. The van der Waals surface area contributed by atoms with Gasteiger partial charge in [0.1, 0.15) is 5.52 Å². The SMILES string of the molecule is O=c1cc(CSc2ccc(Cl)cc2)nc(Nc2nc3ccccc3o2)[nH]1. The maximum atomic E-state index is 11.9. The number of para-hydroxylation sites is 2. The van der Waals surface area contributed by atoms with Crippen molar-refractivity contribution in [2.75, 3.05) is 5.32 Å². The van der Waals surface area contributed by atoms with Crippen LogP contribution in [-0.2, 0) is 5.75 Å².